The molecule has 62 valence electrons. The molecule has 1 aromatic carbocycles. The van der Waals surface area contributed by atoms with Crippen LogP contribution in [0.2, 0.25) is 0 Å². The number of halogens is 2. The van der Waals surface area contributed by atoms with Gasteiger partial charge in [-0.1, -0.05) is 6.07 Å². The van der Waals surface area contributed by atoms with E-state index in [1.807, 2.05) is 18.2 Å². The van der Waals surface area contributed by atoms with Crippen LogP contribution >= 0.6 is 35.0 Å². The molecule has 11 heavy (non-hydrogen) atoms. The van der Waals surface area contributed by atoms with Crippen molar-refractivity contribution in [1.82, 2.24) is 0 Å². The standard InChI is InChI=1S/C7H9IN2.ClH/c8-6-3-5(4-9)1-2-7(6)10;/h1-3H,4,9-10H2;1H. The monoisotopic (exact) mass is 284 g/mol. The summed E-state index contributed by atoms with van der Waals surface area (Å²) in [5.74, 6) is 0. The Labute approximate surface area is 85.9 Å². The second-order valence-corrected chi connectivity index (χ2v) is 3.22. The maximum Gasteiger partial charge on any atom is 0.0449 e. The van der Waals surface area contributed by atoms with Crippen LogP contribution in [0.1, 0.15) is 5.56 Å². The van der Waals surface area contributed by atoms with E-state index >= 15 is 0 Å². The fraction of sp³-hybridized carbons (Fsp3) is 0.143. The van der Waals surface area contributed by atoms with Gasteiger partial charge in [0.05, 0.1) is 0 Å². The molecule has 0 bridgehead atoms. The fourth-order valence-electron chi connectivity index (χ4n) is 0.698. The Morgan fingerprint density at radius 1 is 1.36 bits per heavy atom. The number of nitrogen functional groups attached to an aromatic ring is 1. The van der Waals surface area contributed by atoms with Crippen LogP contribution in [0.3, 0.4) is 0 Å². The number of anilines is 1. The van der Waals surface area contributed by atoms with Gasteiger partial charge in [-0.05, 0) is 40.3 Å². The van der Waals surface area contributed by atoms with Crippen molar-refractivity contribution in [3.63, 3.8) is 0 Å². The Hall–Kier alpha value is -0.000000000000000111. The molecule has 1 rings (SSSR count). The molecule has 0 aromatic heterocycles. The van der Waals surface area contributed by atoms with Gasteiger partial charge < -0.3 is 11.5 Å². The molecule has 0 aliphatic rings. The lowest BCUT2D eigenvalue weighted by Crippen LogP contribution is -1.97. The second kappa shape index (κ2) is 4.79. The van der Waals surface area contributed by atoms with Gasteiger partial charge in [-0.2, -0.15) is 0 Å². The quantitative estimate of drug-likeness (QED) is 0.610. The van der Waals surface area contributed by atoms with Crippen LogP contribution in [0.4, 0.5) is 5.69 Å². The highest BCUT2D eigenvalue weighted by molar-refractivity contribution is 14.1. The summed E-state index contributed by atoms with van der Waals surface area (Å²) in [5, 5.41) is 0. The van der Waals surface area contributed by atoms with E-state index < -0.39 is 0 Å². The summed E-state index contributed by atoms with van der Waals surface area (Å²) in [5.41, 5.74) is 13.0. The Morgan fingerprint density at radius 2 is 2.00 bits per heavy atom. The summed E-state index contributed by atoms with van der Waals surface area (Å²) in [6.45, 7) is 0.580. The number of benzene rings is 1. The van der Waals surface area contributed by atoms with Gasteiger partial charge in [0.2, 0.25) is 0 Å². The lowest BCUT2D eigenvalue weighted by atomic mass is 10.2. The molecule has 0 atom stereocenters. The van der Waals surface area contributed by atoms with E-state index in [1.165, 1.54) is 0 Å². The first-order valence-electron chi connectivity index (χ1n) is 2.98. The molecule has 0 saturated carbocycles. The predicted octanol–water partition coefficient (Wildman–Crippen LogP) is 1.75. The maximum atomic E-state index is 5.60. The smallest absolute Gasteiger partial charge is 0.0449 e. The first kappa shape index (κ1) is 11.0. The third-order valence-electron chi connectivity index (χ3n) is 1.30. The molecule has 0 aliphatic heterocycles. The van der Waals surface area contributed by atoms with E-state index in [0.717, 1.165) is 14.8 Å². The topological polar surface area (TPSA) is 52.0 Å². The van der Waals surface area contributed by atoms with Crippen molar-refractivity contribution in [2.24, 2.45) is 5.73 Å². The molecule has 0 spiro atoms. The van der Waals surface area contributed by atoms with Crippen molar-refractivity contribution in [3.8, 4) is 0 Å². The first-order valence-corrected chi connectivity index (χ1v) is 4.06. The van der Waals surface area contributed by atoms with Crippen molar-refractivity contribution >= 4 is 40.7 Å². The van der Waals surface area contributed by atoms with Gasteiger partial charge in [-0.3, -0.25) is 0 Å². The molecular formula is C7H10ClIN2. The molecule has 0 radical (unpaired) electrons. The molecule has 0 fully saturated rings. The van der Waals surface area contributed by atoms with E-state index in [0.29, 0.717) is 6.54 Å². The van der Waals surface area contributed by atoms with Crippen molar-refractivity contribution in [3.05, 3.63) is 27.3 Å². The normalized spacial score (nSPS) is 8.91. The van der Waals surface area contributed by atoms with E-state index in [1.54, 1.807) is 0 Å². The van der Waals surface area contributed by atoms with Gasteiger partial charge in [0.1, 0.15) is 0 Å². The molecular weight excluding hydrogens is 274 g/mol. The lowest BCUT2D eigenvalue weighted by molar-refractivity contribution is 1.07. The molecule has 0 amide bonds. The highest BCUT2D eigenvalue weighted by Crippen LogP contribution is 2.15. The van der Waals surface area contributed by atoms with Crippen LogP contribution in [0.25, 0.3) is 0 Å². The van der Waals surface area contributed by atoms with Gasteiger partial charge in [0.15, 0.2) is 0 Å². The fourth-order valence-corrected chi connectivity index (χ4v) is 1.28. The van der Waals surface area contributed by atoms with Crippen LogP contribution in [-0.2, 0) is 6.54 Å². The summed E-state index contributed by atoms with van der Waals surface area (Å²) < 4.78 is 1.07. The number of hydrogen-bond acceptors (Lipinski definition) is 2. The zero-order chi connectivity index (χ0) is 7.56. The highest BCUT2D eigenvalue weighted by atomic mass is 127. The van der Waals surface area contributed by atoms with Gasteiger partial charge in [-0.15, -0.1) is 12.4 Å². The minimum atomic E-state index is 0. The highest BCUT2D eigenvalue weighted by Gasteiger charge is 1.94. The maximum absolute atomic E-state index is 5.60. The molecule has 0 unspecified atom stereocenters. The van der Waals surface area contributed by atoms with Crippen LogP contribution in [0.15, 0.2) is 18.2 Å². The molecule has 1 aromatic rings. The van der Waals surface area contributed by atoms with Crippen LogP contribution in [0, 0.1) is 3.57 Å². The van der Waals surface area contributed by atoms with Crippen molar-refractivity contribution in [2.75, 3.05) is 5.73 Å². The molecule has 0 heterocycles. The van der Waals surface area contributed by atoms with E-state index in [9.17, 15) is 0 Å². The first-order chi connectivity index (χ1) is 4.74. The van der Waals surface area contributed by atoms with Crippen LogP contribution in [0.5, 0.6) is 0 Å². The number of rotatable bonds is 1. The Morgan fingerprint density at radius 3 is 2.45 bits per heavy atom. The third-order valence-corrected chi connectivity index (χ3v) is 2.23. The second-order valence-electron chi connectivity index (χ2n) is 2.06. The largest absolute Gasteiger partial charge is 0.398 e. The Kier molecular flexibility index (Phi) is 4.79. The molecule has 4 heteroatoms. The zero-order valence-electron chi connectivity index (χ0n) is 5.88. The van der Waals surface area contributed by atoms with Crippen molar-refractivity contribution in [2.45, 2.75) is 6.54 Å². The molecule has 0 aliphatic carbocycles. The minimum absolute atomic E-state index is 0. The summed E-state index contributed by atoms with van der Waals surface area (Å²) in [7, 11) is 0. The summed E-state index contributed by atoms with van der Waals surface area (Å²) in [6, 6.07) is 5.82. The average molecular weight is 285 g/mol. The van der Waals surface area contributed by atoms with E-state index in [4.69, 9.17) is 11.5 Å². The Bertz CT molecular complexity index is 240. The number of hydrogen-bond donors (Lipinski definition) is 2. The molecule has 2 nitrogen and oxygen atoms in total. The van der Waals surface area contributed by atoms with E-state index in [2.05, 4.69) is 22.6 Å². The molecule has 0 saturated heterocycles. The summed E-state index contributed by atoms with van der Waals surface area (Å²) >= 11 is 2.19. The van der Waals surface area contributed by atoms with Crippen molar-refractivity contribution in [1.29, 1.82) is 0 Å². The molecule has 4 N–H and O–H groups in total. The average Bonchev–Trinajstić information content (AvgIpc) is 1.95. The summed E-state index contributed by atoms with van der Waals surface area (Å²) in [4.78, 5) is 0. The number of nitrogens with two attached hydrogens (primary N) is 2. The predicted molar refractivity (Wildman–Crippen MR) is 58.7 cm³/mol. The minimum Gasteiger partial charge on any atom is -0.398 e. The van der Waals surface area contributed by atoms with Crippen LogP contribution in [-0.4, -0.2) is 0 Å². The zero-order valence-corrected chi connectivity index (χ0v) is 8.85. The van der Waals surface area contributed by atoms with Gasteiger partial charge in [0, 0.05) is 15.8 Å². The summed E-state index contributed by atoms with van der Waals surface area (Å²) in [6.07, 6.45) is 0. The third kappa shape index (κ3) is 2.84. The van der Waals surface area contributed by atoms with Gasteiger partial charge in [0.25, 0.3) is 0 Å². The van der Waals surface area contributed by atoms with Crippen molar-refractivity contribution < 1.29 is 0 Å². The van der Waals surface area contributed by atoms with E-state index in [-0.39, 0.29) is 12.4 Å². The van der Waals surface area contributed by atoms with Crippen LogP contribution < -0.4 is 11.5 Å². The van der Waals surface area contributed by atoms with Gasteiger partial charge >= 0.3 is 0 Å². The Balaban J connectivity index is 0.000001000. The SMILES string of the molecule is Cl.NCc1ccc(N)c(I)c1. The van der Waals surface area contributed by atoms with Gasteiger partial charge in [-0.25, -0.2) is 0 Å². The lowest BCUT2D eigenvalue weighted by Gasteiger charge is -1.99.